The molecule has 4 aromatic rings. The standard InChI is InChI=1S/C19H16F2N8O/c1-11-15(29(28-25-11)17-6-3-13(9-24-17)19(20)21)10-30-18-7-4-14(26-27-18)12-2-5-16(22)23-8-12/h2-9,19H,10H2,1H3,(H2,22,23). The van der Waals surface area contributed by atoms with Crippen molar-refractivity contribution in [3.05, 3.63) is 65.7 Å². The van der Waals surface area contributed by atoms with E-state index in [4.69, 9.17) is 10.5 Å². The lowest BCUT2D eigenvalue weighted by atomic mass is 10.2. The van der Waals surface area contributed by atoms with Crippen molar-refractivity contribution < 1.29 is 13.5 Å². The van der Waals surface area contributed by atoms with Gasteiger partial charge in [-0.15, -0.1) is 15.3 Å². The minimum Gasteiger partial charge on any atom is -0.470 e. The summed E-state index contributed by atoms with van der Waals surface area (Å²) in [6, 6.07) is 9.66. The number of rotatable bonds is 6. The van der Waals surface area contributed by atoms with Crippen LogP contribution in [-0.2, 0) is 6.61 Å². The third kappa shape index (κ3) is 4.04. The van der Waals surface area contributed by atoms with Crippen LogP contribution in [0.3, 0.4) is 0 Å². The minimum atomic E-state index is -2.59. The highest BCUT2D eigenvalue weighted by Gasteiger charge is 2.15. The van der Waals surface area contributed by atoms with E-state index in [9.17, 15) is 8.78 Å². The summed E-state index contributed by atoms with van der Waals surface area (Å²) in [5.74, 6) is 1.08. The first-order chi connectivity index (χ1) is 14.5. The summed E-state index contributed by atoms with van der Waals surface area (Å²) in [5.41, 5.74) is 8.05. The van der Waals surface area contributed by atoms with Crippen molar-refractivity contribution in [3.8, 4) is 23.0 Å². The summed E-state index contributed by atoms with van der Waals surface area (Å²) in [5, 5.41) is 16.2. The second-order valence-corrected chi connectivity index (χ2v) is 6.30. The second kappa shape index (κ2) is 8.15. The first kappa shape index (κ1) is 19.3. The summed E-state index contributed by atoms with van der Waals surface area (Å²) < 4.78 is 32.6. The maximum Gasteiger partial charge on any atom is 0.265 e. The van der Waals surface area contributed by atoms with Crippen LogP contribution < -0.4 is 10.5 Å². The summed E-state index contributed by atoms with van der Waals surface area (Å²) >= 11 is 0. The highest BCUT2D eigenvalue weighted by atomic mass is 19.3. The van der Waals surface area contributed by atoms with Gasteiger partial charge in [-0.05, 0) is 37.3 Å². The molecule has 2 N–H and O–H groups in total. The SMILES string of the molecule is Cc1nnn(-c2ccc(C(F)F)cn2)c1COc1ccc(-c2ccc(N)nc2)nn1. The molecule has 0 spiro atoms. The van der Waals surface area contributed by atoms with Gasteiger partial charge in [0.05, 0.1) is 11.4 Å². The molecule has 4 rings (SSSR count). The molecule has 0 aromatic carbocycles. The Kier molecular flexibility index (Phi) is 5.24. The topological polar surface area (TPSA) is 118 Å². The highest BCUT2D eigenvalue weighted by Crippen LogP contribution is 2.21. The predicted octanol–water partition coefficient (Wildman–Crippen LogP) is 2.92. The van der Waals surface area contributed by atoms with Gasteiger partial charge >= 0.3 is 0 Å². The Labute approximate surface area is 169 Å². The van der Waals surface area contributed by atoms with E-state index in [0.29, 0.717) is 34.6 Å². The van der Waals surface area contributed by atoms with Crippen LogP contribution in [-0.4, -0.2) is 35.2 Å². The Morgan fingerprint density at radius 1 is 1.00 bits per heavy atom. The Morgan fingerprint density at radius 3 is 2.50 bits per heavy atom. The van der Waals surface area contributed by atoms with Crippen molar-refractivity contribution in [2.24, 2.45) is 0 Å². The maximum atomic E-state index is 12.7. The fourth-order valence-electron chi connectivity index (χ4n) is 2.63. The number of ether oxygens (including phenoxy) is 1. The number of aromatic nitrogens is 7. The molecule has 9 nitrogen and oxygen atoms in total. The van der Waals surface area contributed by atoms with Crippen molar-refractivity contribution in [1.29, 1.82) is 0 Å². The zero-order valence-electron chi connectivity index (χ0n) is 15.8. The van der Waals surface area contributed by atoms with E-state index >= 15 is 0 Å². The molecule has 0 amide bonds. The second-order valence-electron chi connectivity index (χ2n) is 6.30. The Morgan fingerprint density at radius 2 is 1.87 bits per heavy atom. The molecule has 30 heavy (non-hydrogen) atoms. The van der Waals surface area contributed by atoms with Crippen LogP contribution in [0.4, 0.5) is 14.6 Å². The van der Waals surface area contributed by atoms with Crippen LogP contribution in [0.25, 0.3) is 17.1 Å². The number of halogens is 2. The number of pyridine rings is 2. The summed E-state index contributed by atoms with van der Waals surface area (Å²) in [6.45, 7) is 1.85. The summed E-state index contributed by atoms with van der Waals surface area (Å²) in [7, 11) is 0. The Balaban J connectivity index is 1.49. The van der Waals surface area contributed by atoms with Crippen LogP contribution >= 0.6 is 0 Å². The molecular weight excluding hydrogens is 394 g/mol. The molecule has 4 aromatic heterocycles. The number of nitrogens with two attached hydrogens (primary N) is 1. The zero-order valence-corrected chi connectivity index (χ0v) is 15.8. The van der Waals surface area contributed by atoms with E-state index in [-0.39, 0.29) is 12.2 Å². The number of hydrogen-bond acceptors (Lipinski definition) is 8. The quantitative estimate of drug-likeness (QED) is 0.516. The number of nitrogens with zero attached hydrogens (tertiary/aromatic N) is 7. The summed E-state index contributed by atoms with van der Waals surface area (Å²) in [6.07, 6.45) is 0.134. The van der Waals surface area contributed by atoms with Crippen molar-refractivity contribution in [2.45, 2.75) is 20.0 Å². The van der Waals surface area contributed by atoms with E-state index in [1.54, 1.807) is 37.4 Å². The normalized spacial score (nSPS) is 11.1. The van der Waals surface area contributed by atoms with Gasteiger partial charge in [-0.1, -0.05) is 5.21 Å². The van der Waals surface area contributed by atoms with Gasteiger partial charge in [-0.3, -0.25) is 0 Å². The van der Waals surface area contributed by atoms with Crippen molar-refractivity contribution in [2.75, 3.05) is 5.73 Å². The zero-order chi connectivity index (χ0) is 21.1. The van der Waals surface area contributed by atoms with Crippen LogP contribution in [0.5, 0.6) is 5.88 Å². The molecular formula is C19H16F2N8O. The average Bonchev–Trinajstić information content (AvgIpc) is 3.13. The van der Waals surface area contributed by atoms with Crippen molar-refractivity contribution in [3.63, 3.8) is 0 Å². The molecule has 4 heterocycles. The lowest BCUT2D eigenvalue weighted by molar-refractivity contribution is 0.151. The van der Waals surface area contributed by atoms with E-state index in [1.165, 1.54) is 16.8 Å². The van der Waals surface area contributed by atoms with Gasteiger partial charge in [-0.25, -0.2) is 18.7 Å². The molecule has 0 aliphatic rings. The fraction of sp³-hybridized carbons (Fsp3) is 0.158. The van der Waals surface area contributed by atoms with Crippen LogP contribution in [0, 0.1) is 6.92 Å². The van der Waals surface area contributed by atoms with E-state index < -0.39 is 6.43 Å². The molecule has 11 heteroatoms. The molecule has 152 valence electrons. The van der Waals surface area contributed by atoms with Crippen molar-refractivity contribution >= 4 is 5.82 Å². The number of anilines is 1. The molecule has 0 aliphatic carbocycles. The first-order valence-electron chi connectivity index (χ1n) is 8.85. The third-order valence-corrected chi connectivity index (χ3v) is 4.28. The van der Waals surface area contributed by atoms with E-state index in [0.717, 1.165) is 11.8 Å². The van der Waals surface area contributed by atoms with Gasteiger partial charge in [0.15, 0.2) is 5.82 Å². The predicted molar refractivity (Wildman–Crippen MR) is 103 cm³/mol. The van der Waals surface area contributed by atoms with Gasteiger partial charge in [0.2, 0.25) is 5.88 Å². The summed E-state index contributed by atoms with van der Waals surface area (Å²) in [4.78, 5) is 8.06. The number of alkyl halides is 2. The van der Waals surface area contributed by atoms with Crippen LogP contribution in [0.1, 0.15) is 23.4 Å². The van der Waals surface area contributed by atoms with Gasteiger partial charge in [0.1, 0.15) is 18.1 Å². The molecule has 0 unspecified atom stereocenters. The van der Waals surface area contributed by atoms with E-state index in [1.807, 2.05) is 0 Å². The average molecular weight is 410 g/mol. The lowest BCUT2D eigenvalue weighted by Crippen LogP contribution is -2.09. The lowest BCUT2D eigenvalue weighted by Gasteiger charge is -2.09. The Hall–Kier alpha value is -4.02. The number of aryl methyl sites for hydroxylation is 1. The molecule has 0 saturated carbocycles. The molecule has 0 bridgehead atoms. The largest absolute Gasteiger partial charge is 0.470 e. The molecule has 0 fully saturated rings. The smallest absolute Gasteiger partial charge is 0.265 e. The monoisotopic (exact) mass is 410 g/mol. The third-order valence-electron chi connectivity index (χ3n) is 4.28. The first-order valence-corrected chi connectivity index (χ1v) is 8.85. The Bertz CT molecular complexity index is 1130. The number of hydrogen-bond donors (Lipinski definition) is 1. The molecule has 0 radical (unpaired) electrons. The van der Waals surface area contributed by atoms with E-state index in [2.05, 4.69) is 30.5 Å². The molecule has 0 aliphatic heterocycles. The highest BCUT2D eigenvalue weighted by molar-refractivity contribution is 5.58. The number of nitrogen functional groups attached to an aromatic ring is 1. The van der Waals surface area contributed by atoms with Crippen LogP contribution in [0.15, 0.2) is 48.8 Å². The van der Waals surface area contributed by atoms with Crippen molar-refractivity contribution in [1.82, 2.24) is 35.2 Å². The van der Waals surface area contributed by atoms with Gasteiger partial charge in [0.25, 0.3) is 6.43 Å². The van der Waals surface area contributed by atoms with Gasteiger partial charge < -0.3 is 10.5 Å². The van der Waals surface area contributed by atoms with Gasteiger partial charge in [-0.2, -0.15) is 4.68 Å². The minimum absolute atomic E-state index is 0.0918. The molecule has 0 atom stereocenters. The molecule has 0 saturated heterocycles. The maximum absolute atomic E-state index is 12.7. The van der Waals surface area contributed by atoms with Crippen LogP contribution in [0.2, 0.25) is 0 Å². The fourth-order valence-corrected chi connectivity index (χ4v) is 2.63. The van der Waals surface area contributed by atoms with Gasteiger partial charge in [0, 0.05) is 29.6 Å².